The van der Waals surface area contributed by atoms with Crippen LogP contribution >= 0.6 is 35.6 Å². The molecule has 20 heavy (non-hydrogen) atoms. The molecule has 1 heterocycles. The van der Waals surface area contributed by atoms with Gasteiger partial charge in [-0.1, -0.05) is 23.2 Å². The predicted octanol–water partition coefficient (Wildman–Crippen LogP) is 2.79. The van der Waals surface area contributed by atoms with Crippen molar-refractivity contribution in [3.8, 4) is 0 Å². The third-order valence-electron chi connectivity index (χ3n) is 3.24. The Kier molecular flexibility index (Phi) is 6.57. The average Bonchev–Trinajstić information content (AvgIpc) is 2.78. The average molecular weight is 360 g/mol. The molecular weight excluding hydrogens is 343 g/mol. The Morgan fingerprint density at radius 3 is 2.70 bits per heavy atom. The van der Waals surface area contributed by atoms with Gasteiger partial charge in [0.05, 0.1) is 5.02 Å². The monoisotopic (exact) mass is 358 g/mol. The molecule has 8 heteroatoms. The number of halogens is 3. The molecule has 0 bridgehead atoms. The fraction of sp³-hybridized carbons (Fsp3) is 0.500. The van der Waals surface area contributed by atoms with E-state index in [9.17, 15) is 8.42 Å². The summed E-state index contributed by atoms with van der Waals surface area (Å²) < 4.78 is 26.8. The number of hydrogen-bond donors (Lipinski definition) is 1. The van der Waals surface area contributed by atoms with Crippen molar-refractivity contribution in [2.24, 2.45) is 0 Å². The Morgan fingerprint density at radius 1 is 1.40 bits per heavy atom. The van der Waals surface area contributed by atoms with Gasteiger partial charge < -0.3 is 5.32 Å². The molecule has 0 spiro atoms. The van der Waals surface area contributed by atoms with Gasteiger partial charge in [-0.05, 0) is 38.1 Å². The van der Waals surface area contributed by atoms with Gasteiger partial charge in [-0.3, -0.25) is 0 Å². The van der Waals surface area contributed by atoms with Gasteiger partial charge in [0.15, 0.2) is 0 Å². The Labute approximate surface area is 135 Å². The molecule has 4 nitrogen and oxygen atoms in total. The highest BCUT2D eigenvalue weighted by Crippen LogP contribution is 2.31. The van der Waals surface area contributed by atoms with Gasteiger partial charge in [0, 0.05) is 24.2 Å². The number of hydrogen-bond acceptors (Lipinski definition) is 3. The minimum absolute atomic E-state index is 0. The highest BCUT2D eigenvalue weighted by molar-refractivity contribution is 7.89. The summed E-state index contributed by atoms with van der Waals surface area (Å²) >= 11 is 11.8. The van der Waals surface area contributed by atoms with Crippen LogP contribution in [0.15, 0.2) is 23.1 Å². The Bertz CT molecular complexity index is 566. The Hall–Kier alpha value is -0.0400. The predicted molar refractivity (Wildman–Crippen MR) is 84.6 cm³/mol. The van der Waals surface area contributed by atoms with Crippen LogP contribution in [0.4, 0.5) is 0 Å². The van der Waals surface area contributed by atoms with E-state index in [1.165, 1.54) is 16.4 Å². The third kappa shape index (κ3) is 3.59. The molecule has 114 valence electrons. The summed E-state index contributed by atoms with van der Waals surface area (Å²) in [5.74, 6) is 0. The SMILES string of the molecule is CNCC1CCCN1S(=O)(=O)c1ccc(Cl)cc1Cl.Cl. The standard InChI is InChI=1S/C12H16Cl2N2O2S.ClH/c1-15-8-10-3-2-6-16(10)19(17,18)12-5-4-9(13)7-11(12)14;/h4-5,7,10,15H,2-3,6,8H2,1H3;1H. The van der Waals surface area contributed by atoms with E-state index in [4.69, 9.17) is 23.2 Å². The summed E-state index contributed by atoms with van der Waals surface area (Å²) in [6, 6.07) is 4.46. The van der Waals surface area contributed by atoms with Crippen molar-refractivity contribution in [2.75, 3.05) is 20.1 Å². The van der Waals surface area contributed by atoms with E-state index in [0.29, 0.717) is 18.1 Å². The van der Waals surface area contributed by atoms with Gasteiger partial charge in [-0.2, -0.15) is 4.31 Å². The summed E-state index contributed by atoms with van der Waals surface area (Å²) in [4.78, 5) is 0.126. The molecule has 0 aliphatic carbocycles. The molecule has 1 unspecified atom stereocenters. The molecule has 0 amide bonds. The van der Waals surface area contributed by atoms with Crippen molar-refractivity contribution in [3.05, 3.63) is 28.2 Å². The number of nitrogens with one attached hydrogen (secondary N) is 1. The normalized spacial score (nSPS) is 19.9. The second-order valence-corrected chi connectivity index (χ2v) is 7.25. The van der Waals surface area contributed by atoms with Crippen LogP contribution in [-0.4, -0.2) is 38.9 Å². The van der Waals surface area contributed by atoms with E-state index >= 15 is 0 Å². The number of likely N-dealkylation sites (N-methyl/N-ethyl adjacent to an activating group) is 1. The first-order valence-corrected chi connectivity index (χ1v) is 8.28. The first-order valence-electron chi connectivity index (χ1n) is 6.08. The molecule has 1 aromatic rings. The number of benzene rings is 1. The Morgan fingerprint density at radius 2 is 2.10 bits per heavy atom. The molecular formula is C12H17Cl3N2O2S. The lowest BCUT2D eigenvalue weighted by Crippen LogP contribution is -2.40. The topological polar surface area (TPSA) is 49.4 Å². The minimum Gasteiger partial charge on any atom is -0.318 e. The lowest BCUT2D eigenvalue weighted by molar-refractivity contribution is 0.379. The fourth-order valence-electron chi connectivity index (χ4n) is 2.38. The van der Waals surface area contributed by atoms with Crippen molar-refractivity contribution in [1.29, 1.82) is 0 Å². The second-order valence-electron chi connectivity index (χ2n) is 4.54. The summed E-state index contributed by atoms with van der Waals surface area (Å²) in [6.45, 7) is 1.18. The maximum Gasteiger partial charge on any atom is 0.244 e. The molecule has 0 saturated carbocycles. The van der Waals surface area contributed by atoms with Crippen molar-refractivity contribution < 1.29 is 8.42 Å². The zero-order valence-corrected chi connectivity index (χ0v) is 14.1. The maximum absolute atomic E-state index is 12.6. The molecule has 1 aliphatic heterocycles. The van der Waals surface area contributed by atoms with E-state index in [1.807, 2.05) is 7.05 Å². The summed E-state index contributed by atoms with van der Waals surface area (Å²) in [5, 5.41) is 3.62. The van der Waals surface area contributed by atoms with Crippen LogP contribution in [0.2, 0.25) is 10.0 Å². The van der Waals surface area contributed by atoms with Gasteiger partial charge in [-0.15, -0.1) is 12.4 Å². The van der Waals surface area contributed by atoms with Crippen molar-refractivity contribution >= 4 is 45.6 Å². The number of rotatable bonds is 4. The summed E-state index contributed by atoms with van der Waals surface area (Å²) in [7, 11) is -1.74. The van der Waals surface area contributed by atoms with E-state index < -0.39 is 10.0 Å². The largest absolute Gasteiger partial charge is 0.318 e. The second kappa shape index (κ2) is 7.29. The van der Waals surface area contributed by atoms with Crippen LogP contribution in [0.1, 0.15) is 12.8 Å². The highest BCUT2D eigenvalue weighted by atomic mass is 35.5. The van der Waals surface area contributed by atoms with Gasteiger partial charge >= 0.3 is 0 Å². The smallest absolute Gasteiger partial charge is 0.244 e. The van der Waals surface area contributed by atoms with E-state index in [1.54, 1.807) is 6.07 Å². The van der Waals surface area contributed by atoms with Gasteiger partial charge in [0.1, 0.15) is 4.90 Å². The van der Waals surface area contributed by atoms with E-state index in [-0.39, 0.29) is 28.4 Å². The van der Waals surface area contributed by atoms with Crippen LogP contribution in [0.25, 0.3) is 0 Å². The number of nitrogens with zero attached hydrogens (tertiary/aromatic N) is 1. The zero-order chi connectivity index (χ0) is 14.0. The molecule has 1 atom stereocenters. The van der Waals surface area contributed by atoms with Crippen LogP contribution in [0.5, 0.6) is 0 Å². The van der Waals surface area contributed by atoms with Crippen LogP contribution in [-0.2, 0) is 10.0 Å². The molecule has 1 saturated heterocycles. The molecule has 2 rings (SSSR count). The van der Waals surface area contributed by atoms with E-state index in [0.717, 1.165) is 12.8 Å². The lowest BCUT2D eigenvalue weighted by Gasteiger charge is -2.24. The highest BCUT2D eigenvalue weighted by Gasteiger charge is 2.35. The first kappa shape index (κ1) is 18.0. The molecule has 0 aromatic heterocycles. The number of sulfonamides is 1. The van der Waals surface area contributed by atoms with Crippen LogP contribution < -0.4 is 5.32 Å². The molecule has 1 aromatic carbocycles. The van der Waals surface area contributed by atoms with Gasteiger partial charge in [0.2, 0.25) is 10.0 Å². The molecule has 1 aliphatic rings. The molecule has 1 fully saturated rings. The quantitative estimate of drug-likeness (QED) is 0.899. The van der Waals surface area contributed by atoms with Gasteiger partial charge in [-0.25, -0.2) is 8.42 Å². The minimum atomic E-state index is -3.55. The van der Waals surface area contributed by atoms with E-state index in [2.05, 4.69) is 5.32 Å². The molecule has 0 radical (unpaired) electrons. The maximum atomic E-state index is 12.6. The van der Waals surface area contributed by atoms with Crippen molar-refractivity contribution in [2.45, 2.75) is 23.8 Å². The molecule has 1 N–H and O–H groups in total. The zero-order valence-electron chi connectivity index (χ0n) is 11.0. The fourth-order valence-corrected chi connectivity index (χ4v) is 4.82. The first-order chi connectivity index (χ1) is 8.96. The van der Waals surface area contributed by atoms with Crippen LogP contribution in [0.3, 0.4) is 0 Å². The van der Waals surface area contributed by atoms with Gasteiger partial charge in [0.25, 0.3) is 0 Å². The van der Waals surface area contributed by atoms with Crippen molar-refractivity contribution in [3.63, 3.8) is 0 Å². The summed E-state index contributed by atoms with van der Waals surface area (Å²) in [5.41, 5.74) is 0. The summed E-state index contributed by atoms with van der Waals surface area (Å²) in [6.07, 6.45) is 1.74. The Balaban J connectivity index is 0.00000200. The van der Waals surface area contributed by atoms with Crippen LogP contribution in [0, 0.1) is 0 Å². The third-order valence-corrected chi connectivity index (χ3v) is 5.91. The van der Waals surface area contributed by atoms with Crippen molar-refractivity contribution in [1.82, 2.24) is 9.62 Å². The lowest BCUT2D eigenvalue weighted by atomic mass is 10.2.